The van der Waals surface area contributed by atoms with Crippen LogP contribution in [0.3, 0.4) is 0 Å². The van der Waals surface area contributed by atoms with Gasteiger partial charge in [0.2, 0.25) is 0 Å². The molecule has 0 unspecified atom stereocenters. The Bertz CT molecular complexity index is 558. The number of benzene rings is 1. The van der Waals surface area contributed by atoms with E-state index in [1.54, 1.807) is 0 Å². The highest BCUT2D eigenvalue weighted by Gasteiger charge is 2.19. The summed E-state index contributed by atoms with van der Waals surface area (Å²) >= 11 is 3.47. The molecule has 0 fully saturated rings. The molecular formula is C13H16BrN3. The first kappa shape index (κ1) is 12.3. The Kier molecular flexibility index (Phi) is 3.10. The first-order chi connectivity index (χ1) is 7.91. The van der Waals surface area contributed by atoms with Crippen molar-refractivity contribution in [2.45, 2.75) is 26.2 Å². The van der Waals surface area contributed by atoms with Gasteiger partial charge in [-0.15, -0.1) is 0 Å². The fourth-order valence-electron chi connectivity index (χ4n) is 1.83. The molecule has 17 heavy (non-hydrogen) atoms. The van der Waals surface area contributed by atoms with Crippen molar-refractivity contribution in [1.82, 2.24) is 4.98 Å². The van der Waals surface area contributed by atoms with Crippen LogP contribution in [0.4, 0.5) is 5.82 Å². The predicted molar refractivity (Wildman–Crippen MR) is 76.0 cm³/mol. The molecule has 90 valence electrons. The number of hydrogen-bond acceptors (Lipinski definition) is 3. The zero-order valence-electron chi connectivity index (χ0n) is 10.2. The second-order valence-electron chi connectivity index (χ2n) is 5.12. The van der Waals surface area contributed by atoms with Crippen LogP contribution in [0.15, 0.2) is 28.7 Å². The summed E-state index contributed by atoms with van der Waals surface area (Å²) in [4.78, 5) is 4.54. The number of nitrogens with one attached hydrogen (secondary N) is 1. The molecule has 2 aromatic rings. The lowest BCUT2D eigenvalue weighted by Crippen LogP contribution is -2.19. The molecule has 1 aromatic carbocycles. The second kappa shape index (κ2) is 4.27. The summed E-state index contributed by atoms with van der Waals surface area (Å²) in [6, 6.07) is 8.17. The van der Waals surface area contributed by atoms with Gasteiger partial charge in [-0.1, -0.05) is 36.7 Å². The molecule has 0 aliphatic rings. The van der Waals surface area contributed by atoms with E-state index in [0.717, 1.165) is 26.8 Å². The average molecular weight is 294 g/mol. The van der Waals surface area contributed by atoms with Crippen molar-refractivity contribution < 1.29 is 0 Å². The van der Waals surface area contributed by atoms with E-state index in [-0.39, 0.29) is 5.41 Å². The van der Waals surface area contributed by atoms with Gasteiger partial charge in [-0.2, -0.15) is 0 Å². The monoisotopic (exact) mass is 293 g/mol. The maximum Gasteiger partial charge on any atom is 0.144 e. The Labute approximate surface area is 110 Å². The van der Waals surface area contributed by atoms with E-state index in [1.807, 2.05) is 12.1 Å². The van der Waals surface area contributed by atoms with E-state index in [4.69, 9.17) is 5.84 Å². The smallest absolute Gasteiger partial charge is 0.144 e. The SMILES string of the molecule is CC(C)(C)c1cc2cc(Br)ccc2nc1NN. The zero-order chi connectivity index (χ0) is 12.6. The van der Waals surface area contributed by atoms with E-state index in [9.17, 15) is 0 Å². The van der Waals surface area contributed by atoms with Gasteiger partial charge in [0, 0.05) is 15.4 Å². The van der Waals surface area contributed by atoms with Gasteiger partial charge in [-0.3, -0.25) is 0 Å². The highest BCUT2D eigenvalue weighted by molar-refractivity contribution is 9.10. The van der Waals surface area contributed by atoms with Gasteiger partial charge in [-0.05, 0) is 29.7 Å². The Morgan fingerprint density at radius 1 is 1.24 bits per heavy atom. The topological polar surface area (TPSA) is 50.9 Å². The first-order valence-corrected chi connectivity index (χ1v) is 6.28. The van der Waals surface area contributed by atoms with Crippen LogP contribution in [-0.4, -0.2) is 4.98 Å². The molecule has 1 heterocycles. The summed E-state index contributed by atoms with van der Waals surface area (Å²) in [5, 5.41) is 1.11. The summed E-state index contributed by atoms with van der Waals surface area (Å²) in [5.41, 5.74) is 4.75. The minimum Gasteiger partial charge on any atom is -0.308 e. The molecule has 0 atom stereocenters. The Hall–Kier alpha value is -1.13. The molecular weight excluding hydrogens is 278 g/mol. The quantitative estimate of drug-likeness (QED) is 0.624. The number of nitrogen functional groups attached to an aromatic ring is 1. The fraction of sp³-hybridized carbons (Fsp3) is 0.308. The van der Waals surface area contributed by atoms with Crippen LogP contribution in [-0.2, 0) is 5.41 Å². The van der Waals surface area contributed by atoms with Crippen LogP contribution in [0.1, 0.15) is 26.3 Å². The largest absolute Gasteiger partial charge is 0.308 e. The molecule has 4 heteroatoms. The molecule has 3 nitrogen and oxygen atoms in total. The number of hydrogen-bond donors (Lipinski definition) is 2. The molecule has 0 bridgehead atoms. The molecule has 0 aliphatic carbocycles. The minimum absolute atomic E-state index is 0.00517. The molecule has 1 aromatic heterocycles. The highest BCUT2D eigenvalue weighted by atomic mass is 79.9. The average Bonchev–Trinajstić information content (AvgIpc) is 2.26. The first-order valence-electron chi connectivity index (χ1n) is 5.49. The zero-order valence-corrected chi connectivity index (χ0v) is 11.8. The lowest BCUT2D eigenvalue weighted by molar-refractivity contribution is 0.590. The number of anilines is 1. The van der Waals surface area contributed by atoms with Crippen LogP contribution >= 0.6 is 15.9 Å². The van der Waals surface area contributed by atoms with E-state index < -0.39 is 0 Å². The number of fused-ring (bicyclic) bond motifs is 1. The molecule has 3 N–H and O–H groups in total. The summed E-state index contributed by atoms with van der Waals surface area (Å²) in [6.07, 6.45) is 0. The summed E-state index contributed by atoms with van der Waals surface area (Å²) in [7, 11) is 0. The summed E-state index contributed by atoms with van der Waals surface area (Å²) in [5.74, 6) is 6.29. The third-order valence-electron chi connectivity index (χ3n) is 2.72. The predicted octanol–water partition coefficient (Wildman–Crippen LogP) is 3.58. The van der Waals surface area contributed by atoms with E-state index in [1.165, 1.54) is 0 Å². The van der Waals surface area contributed by atoms with Gasteiger partial charge in [0.15, 0.2) is 0 Å². The third-order valence-corrected chi connectivity index (χ3v) is 3.21. The minimum atomic E-state index is 0.00517. The molecule has 2 rings (SSSR count). The van der Waals surface area contributed by atoms with Crippen LogP contribution < -0.4 is 11.3 Å². The van der Waals surface area contributed by atoms with E-state index in [0.29, 0.717) is 0 Å². The van der Waals surface area contributed by atoms with Crippen molar-refractivity contribution >= 4 is 32.7 Å². The second-order valence-corrected chi connectivity index (χ2v) is 6.03. The molecule has 0 radical (unpaired) electrons. The van der Waals surface area contributed by atoms with Gasteiger partial charge in [0.05, 0.1) is 5.52 Å². The number of hydrazine groups is 1. The number of rotatable bonds is 1. The van der Waals surface area contributed by atoms with Crippen molar-refractivity contribution in [3.63, 3.8) is 0 Å². The van der Waals surface area contributed by atoms with Gasteiger partial charge in [-0.25, -0.2) is 10.8 Å². The number of halogens is 1. The standard InChI is InChI=1S/C13H16BrN3/c1-13(2,3)10-7-8-6-9(14)4-5-11(8)16-12(10)17-15/h4-7H,15H2,1-3H3,(H,16,17). The van der Waals surface area contributed by atoms with Gasteiger partial charge in [0.25, 0.3) is 0 Å². The number of pyridine rings is 1. The van der Waals surface area contributed by atoms with Crippen molar-refractivity contribution in [2.75, 3.05) is 5.43 Å². The van der Waals surface area contributed by atoms with Gasteiger partial charge in [0.1, 0.15) is 5.82 Å². The Balaban J connectivity index is 2.74. The molecule has 0 saturated heterocycles. The van der Waals surface area contributed by atoms with Crippen molar-refractivity contribution in [2.24, 2.45) is 5.84 Å². The molecule has 0 aliphatic heterocycles. The van der Waals surface area contributed by atoms with Crippen LogP contribution in [0.2, 0.25) is 0 Å². The Morgan fingerprint density at radius 2 is 1.94 bits per heavy atom. The number of nitrogens with zero attached hydrogens (tertiary/aromatic N) is 1. The van der Waals surface area contributed by atoms with Crippen molar-refractivity contribution in [3.05, 3.63) is 34.3 Å². The maximum atomic E-state index is 5.55. The summed E-state index contributed by atoms with van der Waals surface area (Å²) < 4.78 is 1.06. The van der Waals surface area contributed by atoms with Crippen molar-refractivity contribution in [3.8, 4) is 0 Å². The van der Waals surface area contributed by atoms with Gasteiger partial charge >= 0.3 is 0 Å². The number of aromatic nitrogens is 1. The lowest BCUT2D eigenvalue weighted by atomic mass is 9.86. The van der Waals surface area contributed by atoms with Crippen LogP contribution in [0.5, 0.6) is 0 Å². The molecule has 0 amide bonds. The van der Waals surface area contributed by atoms with Gasteiger partial charge < -0.3 is 5.43 Å². The van der Waals surface area contributed by atoms with Crippen LogP contribution in [0.25, 0.3) is 10.9 Å². The van der Waals surface area contributed by atoms with Crippen LogP contribution in [0, 0.1) is 0 Å². The molecule has 0 spiro atoms. The molecule has 0 saturated carbocycles. The maximum absolute atomic E-state index is 5.55. The summed E-state index contributed by atoms with van der Waals surface area (Å²) in [6.45, 7) is 6.44. The number of nitrogens with two attached hydrogens (primary N) is 1. The fourth-order valence-corrected chi connectivity index (χ4v) is 2.21. The lowest BCUT2D eigenvalue weighted by Gasteiger charge is -2.22. The highest BCUT2D eigenvalue weighted by Crippen LogP contribution is 2.31. The normalized spacial score (nSPS) is 11.8. The van der Waals surface area contributed by atoms with E-state index in [2.05, 4.69) is 59.2 Å². The third kappa shape index (κ3) is 2.42. The van der Waals surface area contributed by atoms with Crippen molar-refractivity contribution in [1.29, 1.82) is 0 Å². The Morgan fingerprint density at radius 3 is 2.53 bits per heavy atom. The van der Waals surface area contributed by atoms with E-state index >= 15 is 0 Å².